The second-order valence-electron chi connectivity index (χ2n) is 4.29. The Bertz CT molecular complexity index is 353. The van der Waals surface area contributed by atoms with E-state index in [1.165, 1.54) is 18.5 Å². The summed E-state index contributed by atoms with van der Waals surface area (Å²) in [4.78, 5) is 2.39. The number of benzene rings is 1. The molecule has 1 nitrogen and oxygen atoms in total. The topological polar surface area (TPSA) is 3.24 Å². The molecule has 1 aromatic rings. The molecule has 82 valence electrons. The third-order valence-electron chi connectivity index (χ3n) is 2.91. The Labute approximate surface area is 105 Å². The van der Waals surface area contributed by atoms with Crippen molar-refractivity contribution in [3.05, 3.63) is 27.7 Å². The van der Waals surface area contributed by atoms with E-state index in [9.17, 15) is 0 Å². The number of halogens is 2. The highest BCUT2D eigenvalue weighted by Gasteiger charge is 2.18. The number of piperidine rings is 1. The van der Waals surface area contributed by atoms with Crippen molar-refractivity contribution in [1.29, 1.82) is 0 Å². The molecule has 0 spiro atoms. The SMILES string of the molecule is CC1CCCN(c2ccc(Br)cc2Cl)C1. The van der Waals surface area contributed by atoms with E-state index in [1.54, 1.807) is 0 Å². The van der Waals surface area contributed by atoms with E-state index in [0.717, 1.165) is 28.5 Å². The van der Waals surface area contributed by atoms with Gasteiger partial charge >= 0.3 is 0 Å². The minimum atomic E-state index is 0.776. The van der Waals surface area contributed by atoms with Crippen molar-refractivity contribution in [3.63, 3.8) is 0 Å². The molecule has 0 bridgehead atoms. The third-order valence-corrected chi connectivity index (χ3v) is 3.70. The van der Waals surface area contributed by atoms with Crippen LogP contribution in [0.2, 0.25) is 5.02 Å². The molecule has 1 fully saturated rings. The zero-order valence-corrected chi connectivity index (χ0v) is 11.2. The Hall–Kier alpha value is -0.210. The molecule has 1 unspecified atom stereocenters. The largest absolute Gasteiger partial charge is 0.370 e. The van der Waals surface area contributed by atoms with Crippen LogP contribution in [0.25, 0.3) is 0 Å². The van der Waals surface area contributed by atoms with Gasteiger partial charge in [-0.3, -0.25) is 0 Å². The molecule has 2 rings (SSSR count). The lowest BCUT2D eigenvalue weighted by molar-refractivity contribution is 0.447. The maximum Gasteiger partial charge on any atom is 0.0650 e. The van der Waals surface area contributed by atoms with Crippen LogP contribution in [0.1, 0.15) is 19.8 Å². The van der Waals surface area contributed by atoms with Crippen molar-refractivity contribution in [1.82, 2.24) is 0 Å². The normalized spacial score (nSPS) is 21.8. The van der Waals surface area contributed by atoms with Gasteiger partial charge in [-0.2, -0.15) is 0 Å². The van der Waals surface area contributed by atoms with Crippen molar-refractivity contribution in [2.45, 2.75) is 19.8 Å². The van der Waals surface area contributed by atoms with E-state index < -0.39 is 0 Å². The van der Waals surface area contributed by atoms with Gasteiger partial charge in [0.25, 0.3) is 0 Å². The Balaban J connectivity index is 2.21. The number of hydrogen-bond acceptors (Lipinski definition) is 1. The Morgan fingerprint density at radius 3 is 2.93 bits per heavy atom. The quantitative estimate of drug-likeness (QED) is 0.743. The first-order valence-electron chi connectivity index (χ1n) is 5.37. The zero-order chi connectivity index (χ0) is 10.8. The molecule has 1 atom stereocenters. The molecule has 1 aliphatic rings. The average molecular weight is 289 g/mol. The van der Waals surface area contributed by atoms with Crippen LogP contribution in [0.15, 0.2) is 22.7 Å². The van der Waals surface area contributed by atoms with Crippen molar-refractivity contribution < 1.29 is 0 Å². The van der Waals surface area contributed by atoms with Crippen LogP contribution in [-0.4, -0.2) is 13.1 Å². The molecular formula is C12H15BrClN. The second kappa shape index (κ2) is 4.75. The lowest BCUT2D eigenvalue weighted by Gasteiger charge is -2.33. The van der Waals surface area contributed by atoms with Gasteiger partial charge in [-0.05, 0) is 37.0 Å². The van der Waals surface area contributed by atoms with Crippen molar-refractivity contribution >= 4 is 33.2 Å². The van der Waals surface area contributed by atoms with Gasteiger partial charge in [0.2, 0.25) is 0 Å². The predicted molar refractivity (Wildman–Crippen MR) is 69.8 cm³/mol. The van der Waals surface area contributed by atoms with Crippen molar-refractivity contribution in [2.24, 2.45) is 5.92 Å². The standard InChI is InChI=1S/C12H15BrClN/c1-9-3-2-6-15(8-9)12-5-4-10(13)7-11(12)14/h4-5,7,9H,2-3,6,8H2,1H3. The summed E-state index contributed by atoms with van der Waals surface area (Å²) in [5.41, 5.74) is 1.17. The molecular weight excluding hydrogens is 273 g/mol. The summed E-state index contributed by atoms with van der Waals surface area (Å²) in [5.74, 6) is 0.776. The molecule has 0 saturated carbocycles. The fourth-order valence-corrected chi connectivity index (χ4v) is 2.94. The van der Waals surface area contributed by atoms with E-state index in [0.29, 0.717) is 0 Å². The highest BCUT2D eigenvalue weighted by atomic mass is 79.9. The summed E-state index contributed by atoms with van der Waals surface area (Å²) >= 11 is 9.67. The lowest BCUT2D eigenvalue weighted by Crippen LogP contribution is -2.34. The van der Waals surface area contributed by atoms with Gasteiger partial charge < -0.3 is 4.90 Å². The van der Waals surface area contributed by atoms with Crippen LogP contribution < -0.4 is 4.90 Å². The maximum atomic E-state index is 6.24. The molecule has 15 heavy (non-hydrogen) atoms. The Morgan fingerprint density at radius 1 is 1.47 bits per heavy atom. The molecule has 0 N–H and O–H groups in total. The average Bonchev–Trinajstić information content (AvgIpc) is 2.17. The van der Waals surface area contributed by atoms with Gasteiger partial charge in [0, 0.05) is 17.6 Å². The monoisotopic (exact) mass is 287 g/mol. The minimum Gasteiger partial charge on any atom is -0.370 e. The smallest absolute Gasteiger partial charge is 0.0650 e. The highest BCUT2D eigenvalue weighted by Crippen LogP contribution is 2.31. The predicted octanol–water partition coefficient (Wildman–Crippen LogP) is 4.34. The Morgan fingerprint density at radius 2 is 2.27 bits per heavy atom. The summed E-state index contributed by atoms with van der Waals surface area (Å²) in [5, 5.41) is 0.846. The summed E-state index contributed by atoms with van der Waals surface area (Å²) in [6.45, 7) is 4.56. The summed E-state index contributed by atoms with van der Waals surface area (Å²) < 4.78 is 1.04. The molecule has 1 aliphatic heterocycles. The molecule has 1 saturated heterocycles. The highest BCUT2D eigenvalue weighted by molar-refractivity contribution is 9.10. The molecule has 0 amide bonds. The van der Waals surface area contributed by atoms with Crippen molar-refractivity contribution in [2.75, 3.05) is 18.0 Å². The molecule has 1 aromatic carbocycles. The molecule has 0 aliphatic carbocycles. The van der Waals surface area contributed by atoms with E-state index >= 15 is 0 Å². The van der Waals surface area contributed by atoms with Crippen LogP contribution in [-0.2, 0) is 0 Å². The van der Waals surface area contributed by atoms with Gasteiger partial charge in [-0.15, -0.1) is 0 Å². The fourth-order valence-electron chi connectivity index (χ4n) is 2.15. The number of nitrogens with zero attached hydrogens (tertiary/aromatic N) is 1. The Kier molecular flexibility index (Phi) is 3.57. The summed E-state index contributed by atoms with van der Waals surface area (Å²) in [7, 11) is 0. The number of hydrogen-bond donors (Lipinski definition) is 0. The van der Waals surface area contributed by atoms with Crippen LogP contribution in [0.4, 0.5) is 5.69 Å². The number of anilines is 1. The van der Waals surface area contributed by atoms with Gasteiger partial charge in [-0.25, -0.2) is 0 Å². The molecule has 0 aromatic heterocycles. The van der Waals surface area contributed by atoms with E-state index in [4.69, 9.17) is 11.6 Å². The zero-order valence-electron chi connectivity index (χ0n) is 8.84. The van der Waals surface area contributed by atoms with E-state index in [1.807, 2.05) is 6.07 Å². The second-order valence-corrected chi connectivity index (χ2v) is 5.61. The van der Waals surface area contributed by atoms with Gasteiger partial charge in [0.05, 0.1) is 10.7 Å². The van der Waals surface area contributed by atoms with Crippen LogP contribution in [0, 0.1) is 5.92 Å². The molecule has 0 radical (unpaired) electrons. The summed E-state index contributed by atoms with van der Waals surface area (Å²) in [6.07, 6.45) is 2.61. The van der Waals surface area contributed by atoms with Crippen LogP contribution in [0.5, 0.6) is 0 Å². The van der Waals surface area contributed by atoms with Crippen LogP contribution in [0.3, 0.4) is 0 Å². The fraction of sp³-hybridized carbons (Fsp3) is 0.500. The van der Waals surface area contributed by atoms with Gasteiger partial charge in [-0.1, -0.05) is 34.5 Å². The molecule has 3 heteroatoms. The first kappa shape index (κ1) is 11.3. The minimum absolute atomic E-state index is 0.776. The van der Waals surface area contributed by atoms with Gasteiger partial charge in [0.1, 0.15) is 0 Å². The van der Waals surface area contributed by atoms with E-state index in [2.05, 4.69) is 39.9 Å². The van der Waals surface area contributed by atoms with Gasteiger partial charge in [0.15, 0.2) is 0 Å². The van der Waals surface area contributed by atoms with E-state index in [-0.39, 0.29) is 0 Å². The first-order valence-corrected chi connectivity index (χ1v) is 6.54. The van der Waals surface area contributed by atoms with Crippen molar-refractivity contribution in [3.8, 4) is 0 Å². The third kappa shape index (κ3) is 2.67. The molecule has 1 heterocycles. The van der Waals surface area contributed by atoms with Crippen LogP contribution >= 0.6 is 27.5 Å². The maximum absolute atomic E-state index is 6.24. The lowest BCUT2D eigenvalue weighted by atomic mass is 10.00. The first-order chi connectivity index (χ1) is 7.16. The summed E-state index contributed by atoms with van der Waals surface area (Å²) in [6, 6.07) is 6.13. The number of rotatable bonds is 1.